The molecule has 56 valence electrons. The third-order valence-corrected chi connectivity index (χ3v) is 1.67. The van der Waals surface area contributed by atoms with Crippen LogP contribution in [0.5, 0.6) is 5.75 Å². The number of rotatable bonds is 0. The molecule has 0 amide bonds. The van der Waals surface area contributed by atoms with Crippen LogP contribution in [0, 0.1) is 0 Å². The van der Waals surface area contributed by atoms with Gasteiger partial charge in [0, 0.05) is 5.39 Å². The Morgan fingerprint density at radius 1 is 1.18 bits per heavy atom. The summed E-state index contributed by atoms with van der Waals surface area (Å²) in [5.41, 5.74) is 0.616. The van der Waals surface area contributed by atoms with Crippen molar-refractivity contribution in [3.8, 4) is 5.75 Å². The third kappa shape index (κ3) is 0.741. The van der Waals surface area contributed by atoms with Gasteiger partial charge in [-0.05, 0) is 12.1 Å². The van der Waals surface area contributed by atoms with Gasteiger partial charge in [-0.1, -0.05) is 12.1 Å². The molecular formula is C8H7NO2. The summed E-state index contributed by atoms with van der Waals surface area (Å²) < 4.78 is 0.907. The van der Waals surface area contributed by atoms with Crippen molar-refractivity contribution in [2.75, 3.05) is 0 Å². The highest BCUT2D eigenvalue weighted by atomic mass is 16.5. The molecule has 0 aliphatic rings. The quantitative estimate of drug-likeness (QED) is 0.558. The Morgan fingerprint density at radius 2 is 1.91 bits per heavy atom. The Balaban J connectivity index is 2.95. The van der Waals surface area contributed by atoms with Crippen molar-refractivity contribution in [3.63, 3.8) is 0 Å². The van der Waals surface area contributed by atoms with E-state index < -0.39 is 0 Å². The summed E-state index contributed by atoms with van der Waals surface area (Å²) >= 11 is 0. The van der Waals surface area contributed by atoms with E-state index >= 15 is 0 Å². The lowest BCUT2D eigenvalue weighted by atomic mass is 10.2. The maximum atomic E-state index is 9.21. The van der Waals surface area contributed by atoms with Gasteiger partial charge in [0.1, 0.15) is 5.75 Å². The molecule has 0 atom stereocenters. The van der Waals surface area contributed by atoms with Crippen molar-refractivity contribution in [1.29, 1.82) is 0 Å². The Hall–Kier alpha value is -1.64. The van der Waals surface area contributed by atoms with E-state index in [9.17, 15) is 5.11 Å². The average Bonchev–Trinajstić information content (AvgIpc) is 2.30. The molecule has 0 fully saturated rings. The van der Waals surface area contributed by atoms with Gasteiger partial charge in [-0.25, -0.2) is 0 Å². The summed E-state index contributed by atoms with van der Waals surface area (Å²) in [6, 6.07) is 7.09. The summed E-state index contributed by atoms with van der Waals surface area (Å²) in [5.74, 6) is 0.100. The van der Waals surface area contributed by atoms with Gasteiger partial charge >= 0.3 is 0 Å². The van der Waals surface area contributed by atoms with Gasteiger partial charge in [-0.3, -0.25) is 0 Å². The van der Waals surface area contributed by atoms with Crippen molar-refractivity contribution in [2.24, 2.45) is 0 Å². The molecule has 1 heterocycles. The number of aromatic hydroxyl groups is 1. The van der Waals surface area contributed by atoms with Crippen LogP contribution in [0.2, 0.25) is 0 Å². The van der Waals surface area contributed by atoms with Crippen molar-refractivity contribution in [1.82, 2.24) is 4.73 Å². The number of hydrogen-bond acceptors (Lipinski definition) is 2. The van der Waals surface area contributed by atoms with Crippen molar-refractivity contribution in [2.45, 2.75) is 0 Å². The molecule has 0 saturated heterocycles. The van der Waals surface area contributed by atoms with Gasteiger partial charge in [0.05, 0.1) is 11.7 Å². The third-order valence-electron chi connectivity index (χ3n) is 1.67. The molecule has 3 heteroatoms. The molecule has 0 spiro atoms. The molecule has 0 bridgehead atoms. The number of aromatic nitrogens is 1. The number of para-hydroxylation sites is 1. The molecular weight excluding hydrogens is 142 g/mol. The maximum absolute atomic E-state index is 9.21. The Kier molecular flexibility index (Phi) is 1.06. The van der Waals surface area contributed by atoms with Gasteiger partial charge in [0.2, 0.25) is 0 Å². The summed E-state index contributed by atoms with van der Waals surface area (Å²) in [7, 11) is 0. The second-order valence-corrected chi connectivity index (χ2v) is 2.38. The highest BCUT2D eigenvalue weighted by Gasteiger charge is 2.03. The van der Waals surface area contributed by atoms with Gasteiger partial charge in [0.25, 0.3) is 0 Å². The van der Waals surface area contributed by atoms with Crippen molar-refractivity contribution >= 4 is 10.9 Å². The largest absolute Gasteiger partial charge is 0.506 e. The van der Waals surface area contributed by atoms with Gasteiger partial charge in [-0.2, -0.15) is 4.73 Å². The average molecular weight is 149 g/mol. The van der Waals surface area contributed by atoms with E-state index in [1.165, 1.54) is 6.20 Å². The Bertz CT molecular complexity index is 356. The second-order valence-electron chi connectivity index (χ2n) is 2.38. The van der Waals surface area contributed by atoms with E-state index in [2.05, 4.69) is 0 Å². The first-order valence-corrected chi connectivity index (χ1v) is 3.27. The zero-order valence-electron chi connectivity index (χ0n) is 5.73. The van der Waals surface area contributed by atoms with Crippen LogP contribution < -0.4 is 0 Å². The van der Waals surface area contributed by atoms with Crippen LogP contribution >= 0.6 is 0 Å². The summed E-state index contributed by atoms with van der Waals surface area (Å²) in [6.07, 6.45) is 1.27. The van der Waals surface area contributed by atoms with Crippen molar-refractivity contribution < 1.29 is 10.3 Å². The van der Waals surface area contributed by atoms with Gasteiger partial charge in [0.15, 0.2) is 0 Å². The lowest BCUT2D eigenvalue weighted by Crippen LogP contribution is -1.83. The van der Waals surface area contributed by atoms with Crippen molar-refractivity contribution in [3.05, 3.63) is 30.5 Å². The molecule has 2 rings (SSSR count). The molecule has 0 unspecified atom stereocenters. The minimum absolute atomic E-state index is 0.100. The first-order chi connectivity index (χ1) is 5.29. The standard InChI is InChI=1S/C8H7NO2/c10-8-5-9(11)7-4-2-1-3-6(7)8/h1-5,10-11H. The zero-order valence-corrected chi connectivity index (χ0v) is 5.73. The monoisotopic (exact) mass is 149 g/mol. The molecule has 2 N–H and O–H groups in total. The molecule has 2 aromatic rings. The highest BCUT2D eigenvalue weighted by molar-refractivity contribution is 5.85. The van der Waals surface area contributed by atoms with Crippen LogP contribution in [0.4, 0.5) is 0 Å². The zero-order chi connectivity index (χ0) is 7.84. The van der Waals surface area contributed by atoms with Crippen LogP contribution in [0.15, 0.2) is 30.5 Å². The van der Waals surface area contributed by atoms with E-state index in [-0.39, 0.29) is 5.75 Å². The van der Waals surface area contributed by atoms with E-state index in [4.69, 9.17) is 5.21 Å². The van der Waals surface area contributed by atoms with E-state index in [1.54, 1.807) is 18.2 Å². The van der Waals surface area contributed by atoms with E-state index in [0.29, 0.717) is 10.9 Å². The minimum Gasteiger partial charge on any atom is -0.506 e. The number of nitrogens with zero attached hydrogens (tertiary/aromatic N) is 1. The molecule has 1 aromatic heterocycles. The first kappa shape index (κ1) is 6.09. The smallest absolute Gasteiger partial charge is 0.144 e. The molecule has 0 radical (unpaired) electrons. The summed E-state index contributed by atoms with van der Waals surface area (Å²) in [4.78, 5) is 0. The fourth-order valence-corrected chi connectivity index (χ4v) is 1.14. The predicted octanol–water partition coefficient (Wildman–Crippen LogP) is 1.58. The fourth-order valence-electron chi connectivity index (χ4n) is 1.14. The Labute approximate surface area is 63.1 Å². The first-order valence-electron chi connectivity index (χ1n) is 3.27. The number of fused-ring (bicyclic) bond motifs is 1. The minimum atomic E-state index is 0.100. The number of benzene rings is 1. The Morgan fingerprint density at radius 3 is 2.64 bits per heavy atom. The molecule has 1 aromatic carbocycles. The van der Waals surface area contributed by atoms with E-state index in [1.807, 2.05) is 6.07 Å². The normalized spacial score (nSPS) is 10.5. The lowest BCUT2D eigenvalue weighted by molar-refractivity contribution is 0.198. The van der Waals surface area contributed by atoms with Crippen LogP contribution in [-0.4, -0.2) is 15.0 Å². The van der Waals surface area contributed by atoms with Gasteiger partial charge in [-0.15, -0.1) is 0 Å². The van der Waals surface area contributed by atoms with Crippen LogP contribution in [0.25, 0.3) is 10.9 Å². The molecule has 11 heavy (non-hydrogen) atoms. The highest BCUT2D eigenvalue weighted by Crippen LogP contribution is 2.24. The second kappa shape index (κ2) is 1.92. The van der Waals surface area contributed by atoms with Crippen LogP contribution in [0.1, 0.15) is 0 Å². The fraction of sp³-hybridized carbons (Fsp3) is 0. The van der Waals surface area contributed by atoms with E-state index in [0.717, 1.165) is 4.73 Å². The lowest BCUT2D eigenvalue weighted by Gasteiger charge is -1.90. The molecule has 0 saturated carbocycles. The van der Waals surface area contributed by atoms with Crippen LogP contribution in [0.3, 0.4) is 0 Å². The molecule has 0 aliphatic heterocycles. The number of hydrogen-bond donors (Lipinski definition) is 2. The predicted molar refractivity (Wildman–Crippen MR) is 40.8 cm³/mol. The molecule has 3 nitrogen and oxygen atoms in total. The maximum Gasteiger partial charge on any atom is 0.144 e. The summed E-state index contributed by atoms with van der Waals surface area (Å²) in [6.45, 7) is 0. The van der Waals surface area contributed by atoms with Crippen LogP contribution in [-0.2, 0) is 0 Å². The molecule has 0 aliphatic carbocycles. The van der Waals surface area contributed by atoms with Gasteiger partial charge < -0.3 is 10.3 Å². The summed E-state index contributed by atoms with van der Waals surface area (Å²) in [5, 5.41) is 19.0. The SMILES string of the molecule is Oc1cn(O)c2ccccc12. The topological polar surface area (TPSA) is 45.4 Å².